The Bertz CT molecular complexity index is 668. The number of benzene rings is 1. The third kappa shape index (κ3) is 2.52. The second-order valence-electron chi connectivity index (χ2n) is 4.03. The number of nitrogens with zero attached hydrogens (tertiary/aromatic N) is 1. The van der Waals surface area contributed by atoms with Crippen molar-refractivity contribution in [1.82, 2.24) is 4.74 Å². The Morgan fingerprint density at radius 2 is 2.21 bits per heavy atom. The Morgan fingerprint density at radius 1 is 1.47 bits per heavy atom. The summed E-state index contributed by atoms with van der Waals surface area (Å²) in [6.07, 6.45) is 0. The number of hydrogen-bond donors (Lipinski definition) is 1. The monoisotopic (exact) mass is 263 g/mol. The Labute approximate surface area is 108 Å². The zero-order valence-electron chi connectivity index (χ0n) is 10.5. The predicted octanol–water partition coefficient (Wildman–Crippen LogP) is 1.50. The lowest BCUT2D eigenvalue weighted by Gasteiger charge is -2.05. The minimum absolute atomic E-state index is 0.269. The molecule has 19 heavy (non-hydrogen) atoms. The zero-order chi connectivity index (χ0) is 14.0. The van der Waals surface area contributed by atoms with Crippen LogP contribution in [0.1, 0.15) is 21.6 Å². The molecule has 1 aromatic heterocycles. The molecule has 0 spiro atoms. The summed E-state index contributed by atoms with van der Waals surface area (Å²) in [5, 5.41) is 8.91. The maximum atomic E-state index is 11.4. The average molecular weight is 263 g/mol. The van der Waals surface area contributed by atoms with Crippen LogP contribution >= 0.6 is 0 Å². The third-order valence-electron chi connectivity index (χ3n) is 2.81. The van der Waals surface area contributed by atoms with E-state index in [4.69, 9.17) is 14.4 Å². The maximum absolute atomic E-state index is 11.4. The van der Waals surface area contributed by atoms with E-state index in [0.717, 1.165) is 5.56 Å². The van der Waals surface area contributed by atoms with Gasteiger partial charge in [-0.05, 0) is 24.6 Å². The molecule has 0 aliphatic rings. The predicted molar refractivity (Wildman–Crippen MR) is 66.8 cm³/mol. The molecule has 1 heterocycles. The van der Waals surface area contributed by atoms with E-state index in [1.165, 1.54) is 11.7 Å². The van der Waals surface area contributed by atoms with Gasteiger partial charge in [-0.15, -0.1) is 0 Å². The molecule has 6 heteroatoms. The molecule has 1 aromatic carbocycles. The van der Waals surface area contributed by atoms with Crippen molar-refractivity contribution in [1.29, 1.82) is 0 Å². The van der Waals surface area contributed by atoms with Gasteiger partial charge >= 0.3 is 11.6 Å². The van der Waals surface area contributed by atoms with E-state index >= 15 is 0 Å². The molecule has 6 nitrogen and oxygen atoms in total. The molecular weight excluding hydrogens is 250 g/mol. The van der Waals surface area contributed by atoms with Gasteiger partial charge in [-0.3, -0.25) is 0 Å². The topological polar surface area (TPSA) is 81.7 Å². The second kappa shape index (κ2) is 5.01. The van der Waals surface area contributed by atoms with Gasteiger partial charge in [-0.1, -0.05) is 12.1 Å². The number of methoxy groups -OCH3 is 1. The summed E-state index contributed by atoms with van der Waals surface area (Å²) in [7, 11) is 1.56. The minimum Gasteiger partial charge on any atom is -0.497 e. The smallest absolute Gasteiger partial charge is 0.372 e. The number of carboxylic acid groups (broad SMARTS) is 1. The van der Waals surface area contributed by atoms with Crippen LogP contribution in [0.2, 0.25) is 0 Å². The first-order valence-corrected chi connectivity index (χ1v) is 5.60. The van der Waals surface area contributed by atoms with Crippen molar-refractivity contribution in [3.8, 4) is 5.75 Å². The SMILES string of the molecule is COc1cccc(Cn2oc(=O)c(C(=O)O)c2C)c1. The summed E-state index contributed by atoms with van der Waals surface area (Å²) < 4.78 is 11.3. The first kappa shape index (κ1) is 12.9. The average Bonchev–Trinajstić information content (AvgIpc) is 2.64. The van der Waals surface area contributed by atoms with Crippen molar-refractivity contribution in [3.63, 3.8) is 0 Å². The molecule has 2 aromatic rings. The Kier molecular flexibility index (Phi) is 3.41. The molecule has 0 atom stereocenters. The summed E-state index contributed by atoms with van der Waals surface area (Å²) in [6, 6.07) is 7.23. The minimum atomic E-state index is -1.28. The fourth-order valence-corrected chi connectivity index (χ4v) is 1.82. The summed E-state index contributed by atoms with van der Waals surface area (Å²) >= 11 is 0. The van der Waals surface area contributed by atoms with Gasteiger partial charge in [0.25, 0.3) is 0 Å². The lowest BCUT2D eigenvalue weighted by atomic mass is 10.2. The van der Waals surface area contributed by atoms with E-state index < -0.39 is 11.6 Å². The number of ether oxygens (including phenoxy) is 1. The molecule has 0 fully saturated rings. The number of carboxylic acids is 1. The summed E-state index contributed by atoms with van der Waals surface area (Å²) in [5.74, 6) is -0.598. The number of aromatic carboxylic acids is 1. The van der Waals surface area contributed by atoms with Gasteiger partial charge in [0.15, 0.2) is 5.56 Å². The fourth-order valence-electron chi connectivity index (χ4n) is 1.82. The van der Waals surface area contributed by atoms with Crippen molar-refractivity contribution in [2.45, 2.75) is 13.5 Å². The van der Waals surface area contributed by atoms with Crippen LogP contribution in [-0.2, 0) is 6.54 Å². The quantitative estimate of drug-likeness (QED) is 0.904. The highest BCUT2D eigenvalue weighted by atomic mass is 16.5. The molecule has 0 bridgehead atoms. The van der Waals surface area contributed by atoms with Gasteiger partial charge in [0, 0.05) is 0 Å². The van der Waals surface area contributed by atoms with Gasteiger partial charge in [-0.2, -0.15) is 0 Å². The van der Waals surface area contributed by atoms with Crippen LogP contribution in [0.25, 0.3) is 0 Å². The van der Waals surface area contributed by atoms with Crippen molar-refractivity contribution < 1.29 is 19.2 Å². The molecular formula is C13H13NO5. The lowest BCUT2D eigenvalue weighted by Crippen LogP contribution is -2.09. The maximum Gasteiger partial charge on any atom is 0.372 e. The molecule has 1 N–H and O–H groups in total. The molecule has 2 rings (SSSR count). The zero-order valence-corrected chi connectivity index (χ0v) is 10.5. The molecule has 0 saturated carbocycles. The lowest BCUT2D eigenvalue weighted by molar-refractivity contribution is 0.0693. The number of aromatic nitrogens is 1. The first-order chi connectivity index (χ1) is 9.02. The molecule has 0 aliphatic heterocycles. The van der Waals surface area contributed by atoms with Crippen LogP contribution in [0.3, 0.4) is 0 Å². The van der Waals surface area contributed by atoms with Gasteiger partial charge in [0.1, 0.15) is 5.75 Å². The number of rotatable bonds is 4. The Balaban J connectivity index is 2.36. The summed E-state index contributed by atoms with van der Waals surface area (Å²) in [6.45, 7) is 1.81. The summed E-state index contributed by atoms with van der Waals surface area (Å²) in [5.41, 5.74) is -0.0331. The van der Waals surface area contributed by atoms with Crippen LogP contribution in [0.4, 0.5) is 0 Å². The van der Waals surface area contributed by atoms with Crippen molar-refractivity contribution in [2.75, 3.05) is 7.11 Å². The molecule has 0 amide bonds. The molecule has 0 unspecified atom stereocenters. The second-order valence-corrected chi connectivity index (χ2v) is 4.03. The Morgan fingerprint density at radius 3 is 2.79 bits per heavy atom. The highest BCUT2D eigenvalue weighted by Crippen LogP contribution is 2.15. The standard InChI is InChI=1S/C13H13NO5/c1-8-11(12(15)16)13(17)19-14(8)7-9-4-3-5-10(6-9)18-2/h3-6H,7H2,1-2H3,(H,15,16). The van der Waals surface area contributed by atoms with E-state index in [-0.39, 0.29) is 12.1 Å². The van der Waals surface area contributed by atoms with Gasteiger partial charge < -0.3 is 14.4 Å². The summed E-state index contributed by atoms with van der Waals surface area (Å²) in [4.78, 5) is 22.3. The van der Waals surface area contributed by atoms with E-state index in [1.807, 2.05) is 12.1 Å². The van der Waals surface area contributed by atoms with E-state index in [2.05, 4.69) is 0 Å². The first-order valence-electron chi connectivity index (χ1n) is 5.60. The number of hydrogen-bond acceptors (Lipinski definition) is 4. The molecule has 0 aliphatic carbocycles. The van der Waals surface area contributed by atoms with E-state index in [9.17, 15) is 9.59 Å². The Hall–Kier alpha value is -2.50. The fraction of sp³-hybridized carbons (Fsp3) is 0.231. The van der Waals surface area contributed by atoms with Crippen LogP contribution in [0, 0.1) is 6.92 Å². The van der Waals surface area contributed by atoms with Gasteiger partial charge in [0.05, 0.1) is 19.3 Å². The largest absolute Gasteiger partial charge is 0.497 e. The van der Waals surface area contributed by atoms with Crippen LogP contribution in [0.15, 0.2) is 33.6 Å². The van der Waals surface area contributed by atoms with Crippen molar-refractivity contribution in [3.05, 3.63) is 51.5 Å². The highest BCUT2D eigenvalue weighted by Gasteiger charge is 2.20. The van der Waals surface area contributed by atoms with Crippen LogP contribution in [0.5, 0.6) is 5.75 Å². The molecule has 100 valence electrons. The highest BCUT2D eigenvalue weighted by molar-refractivity contribution is 5.88. The van der Waals surface area contributed by atoms with Gasteiger partial charge in [0.2, 0.25) is 0 Å². The molecule has 0 saturated heterocycles. The normalized spacial score (nSPS) is 10.4. The van der Waals surface area contributed by atoms with Crippen molar-refractivity contribution in [2.24, 2.45) is 0 Å². The van der Waals surface area contributed by atoms with Crippen molar-refractivity contribution >= 4 is 5.97 Å². The number of carbonyl (C=O) groups is 1. The third-order valence-corrected chi connectivity index (χ3v) is 2.81. The van der Waals surface area contributed by atoms with Crippen LogP contribution < -0.4 is 10.4 Å². The van der Waals surface area contributed by atoms with Crippen LogP contribution in [-0.4, -0.2) is 22.9 Å². The van der Waals surface area contributed by atoms with Gasteiger partial charge in [-0.25, -0.2) is 14.3 Å². The van der Waals surface area contributed by atoms with E-state index in [0.29, 0.717) is 11.4 Å². The molecule has 0 radical (unpaired) electrons. The van der Waals surface area contributed by atoms with E-state index in [1.54, 1.807) is 19.2 Å².